The average molecular weight is 199 g/mol. The maximum Gasteiger partial charge on any atom is 0.272 e. The fraction of sp³-hybridized carbons (Fsp3) is 0.333. The molecule has 0 aliphatic rings. The van der Waals surface area contributed by atoms with Gasteiger partial charge in [0.15, 0.2) is 0 Å². The van der Waals surface area contributed by atoms with Crippen molar-refractivity contribution in [1.82, 2.24) is 0 Å². The molecule has 0 atom stereocenters. The third-order valence-electron chi connectivity index (χ3n) is 2.12. The molecule has 0 spiro atoms. The molecule has 0 fully saturated rings. The van der Waals surface area contributed by atoms with Crippen molar-refractivity contribution in [2.24, 2.45) is 0 Å². The number of hydrogen-bond donors (Lipinski definition) is 0. The third kappa shape index (κ3) is 1.81. The number of ether oxygens (including phenoxy) is 1. The number of benzene rings is 1. The van der Waals surface area contributed by atoms with Crippen molar-refractivity contribution >= 4 is 5.69 Å². The van der Waals surface area contributed by atoms with E-state index in [0.29, 0.717) is 16.9 Å². The Morgan fingerprint density at radius 2 is 2.07 bits per heavy atom. The molecule has 4 nitrogen and oxygen atoms in total. The number of hydrogen-bond acceptors (Lipinski definition) is 3. The van der Waals surface area contributed by atoms with E-state index in [1.165, 1.54) is 12.1 Å². The summed E-state index contributed by atoms with van der Waals surface area (Å²) in [6.45, 7) is 2.34. The fourth-order valence-corrected chi connectivity index (χ4v) is 1.19. The Kier molecular flexibility index (Phi) is 3.01. The quantitative estimate of drug-likeness (QED) is 0.555. The van der Waals surface area contributed by atoms with Crippen LogP contribution in [-0.4, -0.2) is 11.8 Å². The van der Waals surface area contributed by atoms with Crippen LogP contribution in [0.15, 0.2) is 12.1 Å². The molecule has 5 heteroatoms. The highest BCUT2D eigenvalue weighted by atomic mass is 19.1. The van der Waals surface area contributed by atoms with Crippen molar-refractivity contribution in [1.29, 1.82) is 0 Å². The van der Waals surface area contributed by atoms with Crippen LogP contribution in [-0.2, 0) is 0 Å². The maximum absolute atomic E-state index is 11.9. The Morgan fingerprint density at radius 3 is 2.57 bits per heavy atom. The van der Waals surface area contributed by atoms with Crippen LogP contribution in [0.3, 0.4) is 0 Å². The van der Waals surface area contributed by atoms with Crippen molar-refractivity contribution in [2.45, 2.75) is 13.8 Å². The zero-order valence-corrected chi connectivity index (χ0v) is 7.91. The fourth-order valence-electron chi connectivity index (χ4n) is 1.19. The molecule has 0 saturated heterocycles. The van der Waals surface area contributed by atoms with Crippen LogP contribution in [0.25, 0.3) is 0 Å². The highest BCUT2D eigenvalue weighted by Gasteiger charge is 2.14. The molecule has 14 heavy (non-hydrogen) atoms. The minimum atomic E-state index is -0.932. The lowest BCUT2D eigenvalue weighted by Crippen LogP contribution is -1.98. The SMILES string of the molecule is Cc1c(OCF)ccc([N+](=O)[O-])c1C. The largest absolute Gasteiger partial charge is 0.463 e. The lowest BCUT2D eigenvalue weighted by Gasteiger charge is -2.07. The second kappa shape index (κ2) is 4.04. The first-order valence-electron chi connectivity index (χ1n) is 4.01. The number of rotatable bonds is 3. The van der Waals surface area contributed by atoms with Crippen LogP contribution in [0.2, 0.25) is 0 Å². The van der Waals surface area contributed by atoms with E-state index in [0.717, 1.165) is 0 Å². The van der Waals surface area contributed by atoms with Crippen molar-refractivity contribution < 1.29 is 14.1 Å². The zero-order chi connectivity index (χ0) is 10.7. The van der Waals surface area contributed by atoms with Crippen molar-refractivity contribution in [3.63, 3.8) is 0 Å². The summed E-state index contributed by atoms with van der Waals surface area (Å²) >= 11 is 0. The Balaban J connectivity index is 3.19. The molecule has 0 saturated carbocycles. The van der Waals surface area contributed by atoms with Crippen LogP contribution >= 0.6 is 0 Å². The summed E-state index contributed by atoms with van der Waals surface area (Å²) in [7, 11) is 0. The van der Waals surface area contributed by atoms with Gasteiger partial charge in [0.25, 0.3) is 5.69 Å². The first kappa shape index (κ1) is 10.4. The molecule has 0 N–H and O–H groups in total. The van der Waals surface area contributed by atoms with E-state index in [4.69, 9.17) is 0 Å². The summed E-state index contributed by atoms with van der Waals surface area (Å²) in [6.07, 6.45) is 0. The van der Waals surface area contributed by atoms with E-state index in [2.05, 4.69) is 4.74 Å². The molecule has 1 aromatic carbocycles. The lowest BCUT2D eigenvalue weighted by atomic mass is 10.1. The molecule has 0 aliphatic carbocycles. The number of nitro groups is 1. The Labute approximate surface area is 80.5 Å². The van der Waals surface area contributed by atoms with Gasteiger partial charge in [-0.3, -0.25) is 10.1 Å². The Bertz CT molecular complexity index is 365. The van der Waals surface area contributed by atoms with Gasteiger partial charge in [0.05, 0.1) is 4.92 Å². The first-order chi connectivity index (χ1) is 6.57. The molecule has 0 unspecified atom stereocenters. The van der Waals surface area contributed by atoms with Crippen LogP contribution in [0, 0.1) is 24.0 Å². The molecule has 0 amide bonds. The highest BCUT2D eigenvalue weighted by molar-refractivity contribution is 5.50. The van der Waals surface area contributed by atoms with Crippen LogP contribution in [0.5, 0.6) is 5.75 Å². The second-order valence-corrected chi connectivity index (χ2v) is 2.84. The van der Waals surface area contributed by atoms with Crippen LogP contribution in [0.1, 0.15) is 11.1 Å². The van der Waals surface area contributed by atoms with Gasteiger partial charge in [0.2, 0.25) is 6.86 Å². The molecule has 0 bridgehead atoms. The summed E-state index contributed by atoms with van der Waals surface area (Å²) in [5.41, 5.74) is 1.12. The monoisotopic (exact) mass is 199 g/mol. The second-order valence-electron chi connectivity index (χ2n) is 2.84. The normalized spacial score (nSPS) is 9.93. The minimum Gasteiger partial charge on any atom is -0.463 e. The number of nitrogens with zero attached hydrogens (tertiary/aromatic N) is 1. The van der Waals surface area contributed by atoms with Gasteiger partial charge < -0.3 is 4.74 Å². The zero-order valence-electron chi connectivity index (χ0n) is 7.91. The topological polar surface area (TPSA) is 52.4 Å². The molecular weight excluding hydrogens is 189 g/mol. The van der Waals surface area contributed by atoms with Gasteiger partial charge >= 0.3 is 0 Å². The standard InChI is InChI=1S/C9H10FNO3/c1-6-7(2)9(14-5-10)4-3-8(6)11(12)13/h3-4H,5H2,1-2H3. The summed E-state index contributed by atoms with van der Waals surface area (Å²) in [6, 6.07) is 2.72. The molecule has 0 radical (unpaired) electrons. The summed E-state index contributed by atoms with van der Waals surface area (Å²) in [4.78, 5) is 10.1. The number of nitro benzene ring substituents is 1. The van der Waals surface area contributed by atoms with Crippen molar-refractivity contribution in [3.05, 3.63) is 33.4 Å². The predicted octanol–water partition coefficient (Wildman–Crippen LogP) is 2.52. The number of alkyl halides is 1. The predicted molar refractivity (Wildman–Crippen MR) is 49.2 cm³/mol. The smallest absolute Gasteiger partial charge is 0.272 e. The van der Waals surface area contributed by atoms with Gasteiger partial charge in [0.1, 0.15) is 5.75 Å². The molecule has 0 aliphatic heterocycles. The van der Waals surface area contributed by atoms with E-state index in [9.17, 15) is 14.5 Å². The molecule has 0 heterocycles. The summed E-state index contributed by atoms with van der Waals surface area (Å²) in [5, 5.41) is 10.5. The van der Waals surface area contributed by atoms with E-state index in [1.807, 2.05) is 0 Å². The van der Waals surface area contributed by atoms with E-state index >= 15 is 0 Å². The van der Waals surface area contributed by atoms with E-state index in [-0.39, 0.29) is 5.69 Å². The molecular formula is C9H10FNO3. The molecule has 76 valence electrons. The minimum absolute atomic E-state index is 0.0220. The van der Waals surface area contributed by atoms with Gasteiger partial charge in [-0.15, -0.1) is 0 Å². The molecule has 1 aromatic rings. The summed E-state index contributed by atoms with van der Waals surface area (Å²) in [5.74, 6) is 0.343. The average Bonchev–Trinajstić information content (AvgIpc) is 2.13. The third-order valence-corrected chi connectivity index (χ3v) is 2.12. The first-order valence-corrected chi connectivity index (χ1v) is 4.01. The molecule has 1 rings (SSSR count). The van der Waals surface area contributed by atoms with Gasteiger partial charge in [0, 0.05) is 17.2 Å². The van der Waals surface area contributed by atoms with E-state index in [1.54, 1.807) is 13.8 Å². The lowest BCUT2D eigenvalue weighted by molar-refractivity contribution is -0.385. The van der Waals surface area contributed by atoms with Crippen molar-refractivity contribution in [2.75, 3.05) is 6.86 Å². The highest BCUT2D eigenvalue weighted by Crippen LogP contribution is 2.28. The van der Waals surface area contributed by atoms with Gasteiger partial charge in [-0.2, -0.15) is 0 Å². The van der Waals surface area contributed by atoms with Crippen LogP contribution in [0.4, 0.5) is 10.1 Å². The van der Waals surface area contributed by atoms with Crippen LogP contribution < -0.4 is 4.74 Å². The summed E-state index contributed by atoms with van der Waals surface area (Å²) < 4.78 is 16.6. The van der Waals surface area contributed by atoms with Gasteiger partial charge in [-0.1, -0.05) is 0 Å². The Morgan fingerprint density at radius 1 is 1.43 bits per heavy atom. The van der Waals surface area contributed by atoms with E-state index < -0.39 is 11.8 Å². The Hall–Kier alpha value is -1.65. The van der Waals surface area contributed by atoms with Gasteiger partial charge in [-0.25, -0.2) is 4.39 Å². The van der Waals surface area contributed by atoms with Crippen molar-refractivity contribution in [3.8, 4) is 5.75 Å². The maximum atomic E-state index is 11.9. The van der Waals surface area contributed by atoms with Gasteiger partial charge in [-0.05, 0) is 19.9 Å². The molecule has 0 aromatic heterocycles. The number of halogens is 1.